The van der Waals surface area contributed by atoms with E-state index in [0.29, 0.717) is 13.2 Å². The van der Waals surface area contributed by atoms with E-state index in [4.69, 9.17) is 4.74 Å². The lowest BCUT2D eigenvalue weighted by atomic mass is 10.0. The topological polar surface area (TPSA) is 117 Å². The standard InChI is InChI=1S/C14H21N5O4/c1-15-12(20)7-19-4-5-23-10-14(22,9-19)8-18-13(21)11-6-16-2-3-17-11/h2-3,6,22H,4-5,7-10H2,1H3,(H,15,20)(H,18,21)/t14-/m0/s1. The molecule has 1 saturated heterocycles. The van der Waals surface area contributed by atoms with E-state index >= 15 is 0 Å². The second-order valence-electron chi connectivity index (χ2n) is 5.43. The van der Waals surface area contributed by atoms with Gasteiger partial charge in [-0.1, -0.05) is 0 Å². The van der Waals surface area contributed by atoms with Crippen LogP contribution in [-0.2, 0) is 9.53 Å². The minimum absolute atomic E-state index is 0.00729. The third kappa shape index (κ3) is 5.23. The number of hydrogen-bond donors (Lipinski definition) is 3. The molecule has 0 saturated carbocycles. The molecule has 0 radical (unpaired) electrons. The molecule has 1 aromatic heterocycles. The smallest absolute Gasteiger partial charge is 0.271 e. The Morgan fingerprint density at radius 3 is 3.00 bits per heavy atom. The van der Waals surface area contributed by atoms with E-state index in [-0.39, 0.29) is 37.8 Å². The number of nitrogens with one attached hydrogen (secondary N) is 2. The third-order valence-electron chi connectivity index (χ3n) is 3.46. The molecule has 2 heterocycles. The summed E-state index contributed by atoms with van der Waals surface area (Å²) < 4.78 is 5.39. The second kappa shape index (κ2) is 7.95. The van der Waals surface area contributed by atoms with Crippen LogP contribution < -0.4 is 10.6 Å². The summed E-state index contributed by atoms with van der Waals surface area (Å²) in [6.07, 6.45) is 4.24. The molecule has 0 unspecified atom stereocenters. The zero-order valence-electron chi connectivity index (χ0n) is 13.0. The second-order valence-corrected chi connectivity index (χ2v) is 5.43. The molecule has 9 heteroatoms. The van der Waals surface area contributed by atoms with Gasteiger partial charge in [-0.3, -0.25) is 19.5 Å². The van der Waals surface area contributed by atoms with Crippen LogP contribution >= 0.6 is 0 Å². The first-order valence-electron chi connectivity index (χ1n) is 7.30. The van der Waals surface area contributed by atoms with Crippen molar-refractivity contribution in [3.63, 3.8) is 0 Å². The van der Waals surface area contributed by atoms with Crippen LogP contribution in [0.25, 0.3) is 0 Å². The molecule has 0 aromatic carbocycles. The number of amides is 2. The Bertz CT molecular complexity index is 541. The number of β-amino-alcohol motifs (C(OH)–C–C–N with tert-alkyl or cyclic N) is 1. The molecule has 3 N–H and O–H groups in total. The average molecular weight is 323 g/mol. The zero-order valence-corrected chi connectivity index (χ0v) is 13.0. The monoisotopic (exact) mass is 323 g/mol. The number of carbonyl (C=O) groups is 2. The maximum absolute atomic E-state index is 12.0. The number of rotatable bonds is 5. The molecular weight excluding hydrogens is 302 g/mol. The number of nitrogens with zero attached hydrogens (tertiary/aromatic N) is 3. The van der Waals surface area contributed by atoms with E-state index in [9.17, 15) is 14.7 Å². The van der Waals surface area contributed by atoms with Crippen LogP contribution in [0, 0.1) is 0 Å². The summed E-state index contributed by atoms with van der Waals surface area (Å²) >= 11 is 0. The highest BCUT2D eigenvalue weighted by Gasteiger charge is 2.33. The van der Waals surface area contributed by atoms with Crippen LogP contribution in [0.3, 0.4) is 0 Å². The fourth-order valence-corrected chi connectivity index (χ4v) is 2.27. The Hall–Kier alpha value is -2.10. The van der Waals surface area contributed by atoms with Gasteiger partial charge in [-0.05, 0) is 0 Å². The fourth-order valence-electron chi connectivity index (χ4n) is 2.27. The molecule has 1 aromatic rings. The van der Waals surface area contributed by atoms with Crippen molar-refractivity contribution in [2.24, 2.45) is 0 Å². The van der Waals surface area contributed by atoms with Gasteiger partial charge in [0.2, 0.25) is 5.91 Å². The molecule has 0 spiro atoms. The molecular formula is C14H21N5O4. The van der Waals surface area contributed by atoms with Crippen LogP contribution in [0.2, 0.25) is 0 Å². The molecule has 0 bridgehead atoms. The highest BCUT2D eigenvalue weighted by Crippen LogP contribution is 2.11. The molecule has 1 aliphatic heterocycles. The van der Waals surface area contributed by atoms with Crippen LogP contribution in [0.15, 0.2) is 18.6 Å². The maximum atomic E-state index is 12.0. The molecule has 2 amide bonds. The minimum Gasteiger partial charge on any atom is -0.384 e. The van der Waals surface area contributed by atoms with Gasteiger partial charge in [-0.25, -0.2) is 4.98 Å². The van der Waals surface area contributed by atoms with E-state index in [1.807, 2.05) is 0 Å². The predicted octanol–water partition coefficient (Wildman–Crippen LogP) is -1.98. The highest BCUT2D eigenvalue weighted by molar-refractivity contribution is 5.91. The van der Waals surface area contributed by atoms with Gasteiger partial charge < -0.3 is 20.5 Å². The van der Waals surface area contributed by atoms with Crippen molar-refractivity contribution in [2.75, 3.05) is 46.4 Å². The summed E-state index contributed by atoms with van der Waals surface area (Å²) in [4.78, 5) is 33.0. The van der Waals surface area contributed by atoms with E-state index in [0.717, 1.165) is 0 Å². The lowest BCUT2D eigenvalue weighted by molar-refractivity contribution is -0.122. The number of hydrogen-bond acceptors (Lipinski definition) is 7. The quantitative estimate of drug-likeness (QED) is 0.575. The van der Waals surface area contributed by atoms with Crippen molar-refractivity contribution >= 4 is 11.8 Å². The van der Waals surface area contributed by atoms with Crippen molar-refractivity contribution in [3.8, 4) is 0 Å². The lowest BCUT2D eigenvalue weighted by Crippen LogP contribution is -2.53. The van der Waals surface area contributed by atoms with Crippen molar-refractivity contribution in [2.45, 2.75) is 5.60 Å². The lowest BCUT2D eigenvalue weighted by Gasteiger charge is -2.30. The van der Waals surface area contributed by atoms with Crippen LogP contribution in [-0.4, -0.2) is 83.8 Å². The summed E-state index contributed by atoms with van der Waals surface area (Å²) in [5.41, 5.74) is -1.10. The summed E-state index contributed by atoms with van der Waals surface area (Å²) in [6, 6.07) is 0. The van der Waals surface area contributed by atoms with E-state index < -0.39 is 11.5 Å². The summed E-state index contributed by atoms with van der Waals surface area (Å²) in [5, 5.41) is 15.8. The Balaban J connectivity index is 1.93. The fraction of sp³-hybridized carbons (Fsp3) is 0.571. The van der Waals surface area contributed by atoms with E-state index in [1.54, 1.807) is 11.9 Å². The van der Waals surface area contributed by atoms with Crippen LogP contribution in [0.4, 0.5) is 0 Å². The predicted molar refractivity (Wildman–Crippen MR) is 80.6 cm³/mol. The largest absolute Gasteiger partial charge is 0.384 e. The summed E-state index contributed by atoms with van der Waals surface area (Å²) in [5.74, 6) is -0.563. The van der Waals surface area contributed by atoms with Gasteiger partial charge >= 0.3 is 0 Å². The molecule has 2 rings (SSSR count). The molecule has 23 heavy (non-hydrogen) atoms. The summed E-state index contributed by atoms with van der Waals surface area (Å²) in [7, 11) is 1.56. The number of ether oxygens (including phenoxy) is 1. The van der Waals surface area contributed by atoms with Gasteiger partial charge in [0.05, 0.1) is 32.5 Å². The Morgan fingerprint density at radius 2 is 2.30 bits per heavy atom. The Kier molecular flexibility index (Phi) is 5.97. The van der Waals surface area contributed by atoms with Gasteiger partial charge in [0, 0.05) is 32.5 Å². The first-order chi connectivity index (χ1) is 11.0. The number of aromatic nitrogens is 2. The van der Waals surface area contributed by atoms with Crippen molar-refractivity contribution < 1.29 is 19.4 Å². The number of aliphatic hydroxyl groups is 1. The van der Waals surface area contributed by atoms with E-state index in [1.165, 1.54) is 18.6 Å². The van der Waals surface area contributed by atoms with Gasteiger partial charge in [0.1, 0.15) is 11.3 Å². The number of likely N-dealkylation sites (N-methyl/N-ethyl adjacent to an activating group) is 1. The third-order valence-corrected chi connectivity index (χ3v) is 3.46. The van der Waals surface area contributed by atoms with Crippen LogP contribution in [0.5, 0.6) is 0 Å². The van der Waals surface area contributed by atoms with Crippen molar-refractivity contribution in [1.29, 1.82) is 0 Å². The van der Waals surface area contributed by atoms with Gasteiger partial charge in [-0.2, -0.15) is 0 Å². The van der Waals surface area contributed by atoms with E-state index in [2.05, 4.69) is 20.6 Å². The highest BCUT2D eigenvalue weighted by atomic mass is 16.5. The molecule has 0 aliphatic carbocycles. The normalized spacial score (nSPS) is 22.2. The molecule has 1 fully saturated rings. The Morgan fingerprint density at radius 1 is 1.48 bits per heavy atom. The average Bonchev–Trinajstić information content (AvgIpc) is 2.75. The van der Waals surface area contributed by atoms with Crippen molar-refractivity contribution in [1.82, 2.24) is 25.5 Å². The Labute approximate surface area is 134 Å². The molecule has 1 aliphatic rings. The van der Waals surface area contributed by atoms with Crippen LogP contribution in [0.1, 0.15) is 10.5 Å². The number of carbonyl (C=O) groups excluding carboxylic acids is 2. The minimum atomic E-state index is -1.28. The van der Waals surface area contributed by atoms with Gasteiger partial charge in [0.15, 0.2) is 0 Å². The summed E-state index contributed by atoms with van der Waals surface area (Å²) in [6.45, 7) is 1.41. The molecule has 1 atom stereocenters. The SMILES string of the molecule is CNC(=O)CN1CCOC[C@](O)(CNC(=O)c2cnccn2)C1. The van der Waals surface area contributed by atoms with Gasteiger partial charge in [0.25, 0.3) is 5.91 Å². The zero-order chi connectivity index (χ0) is 16.7. The molecule has 9 nitrogen and oxygen atoms in total. The van der Waals surface area contributed by atoms with Gasteiger partial charge in [-0.15, -0.1) is 0 Å². The first-order valence-corrected chi connectivity index (χ1v) is 7.30. The van der Waals surface area contributed by atoms with Crippen molar-refractivity contribution in [3.05, 3.63) is 24.3 Å². The first kappa shape index (κ1) is 17.3. The molecule has 126 valence electrons. The maximum Gasteiger partial charge on any atom is 0.271 e.